The van der Waals surface area contributed by atoms with Gasteiger partial charge < -0.3 is 19.3 Å². The molecule has 7 heteroatoms. The predicted molar refractivity (Wildman–Crippen MR) is 112 cm³/mol. The van der Waals surface area contributed by atoms with E-state index in [2.05, 4.69) is 11.0 Å². The Hall–Kier alpha value is -1.62. The summed E-state index contributed by atoms with van der Waals surface area (Å²) < 4.78 is 13.6. The first-order chi connectivity index (χ1) is 13.3. The van der Waals surface area contributed by atoms with E-state index in [1.54, 1.807) is 6.92 Å². The Labute approximate surface area is 165 Å². The molecule has 0 radical (unpaired) electrons. The molecule has 6 nitrogen and oxygen atoms in total. The lowest BCUT2D eigenvalue weighted by Crippen LogP contribution is -2.27. The zero-order valence-electron chi connectivity index (χ0n) is 16.4. The summed E-state index contributed by atoms with van der Waals surface area (Å²) in [5.41, 5.74) is 2.75. The third-order valence-electron chi connectivity index (χ3n) is 6.37. The molecule has 28 heavy (non-hydrogen) atoms. The number of benzene rings is 1. The number of nitrogens with zero attached hydrogens (tertiary/aromatic N) is 2. The van der Waals surface area contributed by atoms with Crippen LogP contribution in [0.1, 0.15) is 49.7 Å². The highest BCUT2D eigenvalue weighted by Gasteiger charge is 2.24. The number of pyridine rings is 1. The molecule has 2 fully saturated rings. The Balaban J connectivity index is 1.89. The Morgan fingerprint density at radius 1 is 1.11 bits per heavy atom. The third kappa shape index (κ3) is 3.91. The largest absolute Gasteiger partial charge is 0.371 e. The first kappa shape index (κ1) is 19.7. The standard InChI is InChI=1S/C21H29N2O4P/c1-15-19(14-28(25,26)27)18-9-8-17(22-10-4-5-11-22)12-20(18)23(21(15)24)13-16-6-2-3-7-16/h8-9,12,16H,2-7,10-11,13-14H2,1H3,(H2,25,26,27). The van der Waals surface area contributed by atoms with Gasteiger partial charge in [0.2, 0.25) is 0 Å². The van der Waals surface area contributed by atoms with Gasteiger partial charge in [0.1, 0.15) is 0 Å². The van der Waals surface area contributed by atoms with Crippen molar-refractivity contribution in [3.05, 3.63) is 39.7 Å². The van der Waals surface area contributed by atoms with Crippen LogP contribution in [-0.2, 0) is 17.3 Å². The zero-order valence-corrected chi connectivity index (χ0v) is 17.3. The zero-order chi connectivity index (χ0) is 19.9. The number of hydrogen-bond donors (Lipinski definition) is 2. The van der Waals surface area contributed by atoms with Crippen molar-refractivity contribution in [2.24, 2.45) is 5.92 Å². The molecule has 1 aromatic heterocycles. The van der Waals surface area contributed by atoms with Crippen molar-refractivity contribution in [1.29, 1.82) is 0 Å². The number of rotatable bonds is 5. The number of anilines is 1. The average Bonchev–Trinajstić information content (AvgIpc) is 3.35. The number of fused-ring (bicyclic) bond motifs is 1. The van der Waals surface area contributed by atoms with Crippen LogP contribution in [-0.4, -0.2) is 27.4 Å². The summed E-state index contributed by atoms with van der Waals surface area (Å²) in [7, 11) is -4.27. The molecule has 2 heterocycles. The molecule has 2 aliphatic rings. The summed E-state index contributed by atoms with van der Waals surface area (Å²) >= 11 is 0. The van der Waals surface area contributed by atoms with Gasteiger partial charge in [0.05, 0.1) is 11.7 Å². The molecule has 2 N–H and O–H groups in total. The van der Waals surface area contributed by atoms with Crippen molar-refractivity contribution in [3.8, 4) is 0 Å². The van der Waals surface area contributed by atoms with Crippen molar-refractivity contribution >= 4 is 24.2 Å². The first-order valence-corrected chi connectivity index (χ1v) is 12.1. The van der Waals surface area contributed by atoms with Crippen LogP contribution in [0.3, 0.4) is 0 Å². The van der Waals surface area contributed by atoms with E-state index in [4.69, 9.17) is 0 Å². The summed E-state index contributed by atoms with van der Waals surface area (Å²) in [6.07, 6.45) is 6.66. The van der Waals surface area contributed by atoms with Crippen LogP contribution in [0.5, 0.6) is 0 Å². The molecule has 0 atom stereocenters. The van der Waals surface area contributed by atoms with E-state index >= 15 is 0 Å². The van der Waals surface area contributed by atoms with Gasteiger partial charge in [0.15, 0.2) is 0 Å². The van der Waals surface area contributed by atoms with Crippen LogP contribution in [0.2, 0.25) is 0 Å². The van der Waals surface area contributed by atoms with Crippen LogP contribution < -0.4 is 10.5 Å². The van der Waals surface area contributed by atoms with Crippen molar-refractivity contribution in [1.82, 2.24) is 4.57 Å². The van der Waals surface area contributed by atoms with E-state index < -0.39 is 13.8 Å². The van der Waals surface area contributed by atoms with Crippen LogP contribution >= 0.6 is 7.60 Å². The molecule has 0 unspecified atom stereocenters. The fraction of sp³-hybridized carbons (Fsp3) is 0.571. The molecule has 1 aromatic carbocycles. The van der Waals surface area contributed by atoms with Gasteiger partial charge in [-0.3, -0.25) is 9.36 Å². The molecule has 0 spiro atoms. The maximum Gasteiger partial charge on any atom is 0.329 e. The second kappa shape index (κ2) is 7.66. The molecule has 1 saturated heterocycles. The summed E-state index contributed by atoms with van der Waals surface area (Å²) in [6.45, 7) is 4.42. The van der Waals surface area contributed by atoms with Gasteiger partial charge in [0.25, 0.3) is 5.56 Å². The van der Waals surface area contributed by atoms with E-state index in [1.165, 1.54) is 25.7 Å². The maximum absolute atomic E-state index is 13.2. The van der Waals surface area contributed by atoms with E-state index in [9.17, 15) is 19.1 Å². The quantitative estimate of drug-likeness (QED) is 0.741. The topological polar surface area (TPSA) is 82.8 Å². The Kier molecular flexibility index (Phi) is 5.38. The highest BCUT2D eigenvalue weighted by Crippen LogP contribution is 2.42. The molecule has 4 rings (SSSR count). The van der Waals surface area contributed by atoms with Crippen LogP contribution in [0.4, 0.5) is 5.69 Å². The lowest BCUT2D eigenvalue weighted by atomic mass is 10.0. The van der Waals surface area contributed by atoms with E-state index in [1.807, 2.05) is 16.7 Å². The van der Waals surface area contributed by atoms with Crippen LogP contribution in [0.25, 0.3) is 10.9 Å². The molecule has 0 bridgehead atoms. The molecule has 1 aliphatic carbocycles. The Morgan fingerprint density at radius 3 is 2.43 bits per heavy atom. The lowest BCUT2D eigenvalue weighted by Gasteiger charge is -2.22. The molecule has 1 aliphatic heterocycles. The lowest BCUT2D eigenvalue weighted by molar-refractivity contribution is 0.371. The summed E-state index contributed by atoms with van der Waals surface area (Å²) in [5.74, 6) is 0.503. The van der Waals surface area contributed by atoms with Crippen LogP contribution in [0.15, 0.2) is 23.0 Å². The normalized spacial score (nSPS) is 18.5. The van der Waals surface area contributed by atoms with Gasteiger partial charge in [-0.1, -0.05) is 18.9 Å². The fourth-order valence-corrected chi connectivity index (χ4v) is 5.68. The molecule has 0 amide bonds. The second-order valence-corrected chi connectivity index (χ2v) is 10.0. The summed E-state index contributed by atoms with van der Waals surface area (Å²) in [4.78, 5) is 34.7. The van der Waals surface area contributed by atoms with Gasteiger partial charge in [-0.15, -0.1) is 0 Å². The molecule has 1 saturated carbocycles. The van der Waals surface area contributed by atoms with Crippen molar-refractivity contribution in [3.63, 3.8) is 0 Å². The molecule has 2 aromatic rings. The highest BCUT2D eigenvalue weighted by atomic mass is 31.2. The smallest absolute Gasteiger partial charge is 0.329 e. The van der Waals surface area contributed by atoms with Gasteiger partial charge in [-0.05, 0) is 56.2 Å². The van der Waals surface area contributed by atoms with Gasteiger partial charge in [-0.25, -0.2) is 0 Å². The molecular weight excluding hydrogens is 375 g/mol. The Morgan fingerprint density at radius 2 is 1.79 bits per heavy atom. The number of hydrogen-bond acceptors (Lipinski definition) is 3. The van der Waals surface area contributed by atoms with Crippen LogP contribution in [0, 0.1) is 12.8 Å². The number of aromatic nitrogens is 1. The molecular formula is C21H29N2O4P. The summed E-state index contributed by atoms with van der Waals surface area (Å²) in [6, 6.07) is 6.03. The van der Waals surface area contributed by atoms with Gasteiger partial charge in [-0.2, -0.15) is 0 Å². The fourth-order valence-electron chi connectivity index (χ4n) is 4.86. The monoisotopic (exact) mass is 404 g/mol. The minimum atomic E-state index is -4.27. The van der Waals surface area contributed by atoms with Crippen molar-refractivity contribution in [2.45, 2.75) is 58.2 Å². The van der Waals surface area contributed by atoms with Gasteiger partial charge in [0, 0.05) is 36.3 Å². The van der Waals surface area contributed by atoms with E-state index in [-0.39, 0.29) is 5.56 Å². The average molecular weight is 404 g/mol. The Bertz CT molecular complexity index is 982. The van der Waals surface area contributed by atoms with E-state index in [0.717, 1.165) is 42.5 Å². The highest BCUT2D eigenvalue weighted by molar-refractivity contribution is 7.50. The summed E-state index contributed by atoms with van der Waals surface area (Å²) in [5, 5.41) is 0.793. The maximum atomic E-state index is 13.2. The third-order valence-corrected chi connectivity index (χ3v) is 7.09. The second-order valence-electron chi connectivity index (χ2n) is 8.39. The SMILES string of the molecule is Cc1c(CP(=O)(O)O)c2ccc(N3CCCC3)cc2n(CC2CCCC2)c1=O. The van der Waals surface area contributed by atoms with Crippen molar-refractivity contribution < 1.29 is 14.4 Å². The van der Waals surface area contributed by atoms with Crippen molar-refractivity contribution in [2.75, 3.05) is 18.0 Å². The molecule has 152 valence electrons. The predicted octanol–water partition coefficient (Wildman–Crippen LogP) is 3.78. The minimum absolute atomic E-state index is 0.110. The van der Waals surface area contributed by atoms with E-state index in [0.29, 0.717) is 23.6 Å². The van der Waals surface area contributed by atoms with Gasteiger partial charge >= 0.3 is 7.60 Å². The first-order valence-electron chi connectivity index (χ1n) is 10.3. The minimum Gasteiger partial charge on any atom is -0.371 e.